The van der Waals surface area contributed by atoms with Crippen LogP contribution in [0.3, 0.4) is 0 Å². The number of halogens is 2. The fourth-order valence-electron chi connectivity index (χ4n) is 2.67. The molecule has 1 aromatic rings. The molecule has 2 heterocycles. The molecule has 10 heteroatoms. The summed E-state index contributed by atoms with van der Waals surface area (Å²) in [6, 6.07) is 1.42. The van der Waals surface area contributed by atoms with Gasteiger partial charge in [0.15, 0.2) is 0 Å². The average molecular weight is 440 g/mol. The van der Waals surface area contributed by atoms with E-state index in [4.69, 9.17) is 17.3 Å². The number of piperidine rings is 1. The third kappa shape index (κ3) is 5.38. The number of nitrogens with two attached hydrogens (primary N) is 1. The van der Waals surface area contributed by atoms with Gasteiger partial charge in [-0.05, 0) is 54.3 Å². The standard InChI is InChI=1S/C14H20BrClN4O3S/c15-11-7-12(13(16)18-8-11)24(22,23)19-4-2-6-20-5-1-3-10(9-20)14(17)21/h7-8,10,19H,1-6,9H2,(H2,17,21). The van der Waals surface area contributed by atoms with Crippen LogP contribution in [-0.4, -0.2) is 50.4 Å². The zero-order valence-corrected chi connectivity index (χ0v) is 16.2. The molecule has 0 saturated carbocycles. The van der Waals surface area contributed by atoms with Crippen LogP contribution in [0.5, 0.6) is 0 Å². The van der Waals surface area contributed by atoms with Crippen LogP contribution in [0.2, 0.25) is 5.15 Å². The first-order valence-electron chi connectivity index (χ1n) is 7.62. The fraction of sp³-hybridized carbons (Fsp3) is 0.571. The number of carbonyl (C=O) groups is 1. The molecule has 1 saturated heterocycles. The van der Waals surface area contributed by atoms with Crippen molar-refractivity contribution in [2.24, 2.45) is 11.7 Å². The second-order valence-corrected chi connectivity index (χ2v) is 8.75. The number of aromatic nitrogens is 1. The third-order valence-electron chi connectivity index (χ3n) is 3.91. The number of amides is 1. The van der Waals surface area contributed by atoms with Gasteiger partial charge in [-0.1, -0.05) is 11.6 Å². The molecule has 2 rings (SSSR count). The highest BCUT2D eigenvalue weighted by Crippen LogP contribution is 2.22. The van der Waals surface area contributed by atoms with Crippen molar-refractivity contribution in [1.29, 1.82) is 0 Å². The van der Waals surface area contributed by atoms with Crippen molar-refractivity contribution >= 4 is 43.5 Å². The highest BCUT2D eigenvalue weighted by Gasteiger charge is 2.24. The van der Waals surface area contributed by atoms with E-state index >= 15 is 0 Å². The van der Waals surface area contributed by atoms with E-state index in [9.17, 15) is 13.2 Å². The summed E-state index contributed by atoms with van der Waals surface area (Å²) in [5, 5.41) is -0.0639. The first-order valence-corrected chi connectivity index (χ1v) is 10.3. The van der Waals surface area contributed by atoms with E-state index in [2.05, 4.69) is 30.5 Å². The van der Waals surface area contributed by atoms with Gasteiger partial charge in [-0.15, -0.1) is 0 Å². The van der Waals surface area contributed by atoms with Gasteiger partial charge in [0.05, 0.1) is 5.92 Å². The van der Waals surface area contributed by atoms with E-state index in [1.165, 1.54) is 12.3 Å². The molecule has 0 aliphatic carbocycles. The van der Waals surface area contributed by atoms with Gasteiger partial charge in [-0.3, -0.25) is 4.79 Å². The highest BCUT2D eigenvalue weighted by atomic mass is 79.9. The van der Waals surface area contributed by atoms with Gasteiger partial charge >= 0.3 is 0 Å². The van der Waals surface area contributed by atoms with Crippen LogP contribution < -0.4 is 10.5 Å². The normalized spacial score (nSPS) is 19.3. The second kappa shape index (κ2) is 8.57. The Balaban J connectivity index is 1.83. The molecule has 1 atom stereocenters. The van der Waals surface area contributed by atoms with Gasteiger partial charge in [0.2, 0.25) is 15.9 Å². The summed E-state index contributed by atoms with van der Waals surface area (Å²) in [7, 11) is -3.71. The minimum atomic E-state index is -3.71. The molecular formula is C14H20BrClN4O3S. The Morgan fingerprint density at radius 2 is 2.29 bits per heavy atom. The summed E-state index contributed by atoms with van der Waals surface area (Å²) in [5.41, 5.74) is 5.35. The van der Waals surface area contributed by atoms with Crippen molar-refractivity contribution < 1.29 is 13.2 Å². The molecule has 0 aromatic carbocycles. The Labute approximate surface area is 155 Å². The SMILES string of the molecule is NC(=O)C1CCCN(CCCNS(=O)(=O)c2cc(Br)cnc2Cl)C1. The second-order valence-electron chi connectivity index (χ2n) is 5.74. The number of rotatable bonds is 7. The van der Waals surface area contributed by atoms with Crippen molar-refractivity contribution in [2.75, 3.05) is 26.2 Å². The lowest BCUT2D eigenvalue weighted by molar-refractivity contribution is -0.123. The van der Waals surface area contributed by atoms with Gasteiger partial charge in [-0.25, -0.2) is 18.1 Å². The molecule has 0 bridgehead atoms. The molecule has 1 aliphatic heterocycles. The first kappa shape index (κ1) is 19.6. The van der Waals surface area contributed by atoms with E-state index in [-0.39, 0.29) is 28.4 Å². The Morgan fingerprint density at radius 1 is 1.54 bits per heavy atom. The number of primary amides is 1. The molecule has 7 nitrogen and oxygen atoms in total. The Kier molecular flexibility index (Phi) is 6.99. The van der Waals surface area contributed by atoms with Gasteiger partial charge in [-0.2, -0.15) is 0 Å². The maximum Gasteiger partial charge on any atom is 0.243 e. The molecule has 1 aromatic heterocycles. The van der Waals surface area contributed by atoms with Crippen LogP contribution in [0.4, 0.5) is 0 Å². The number of nitrogens with one attached hydrogen (secondary N) is 1. The number of hydrogen-bond acceptors (Lipinski definition) is 5. The van der Waals surface area contributed by atoms with Crippen molar-refractivity contribution in [3.8, 4) is 0 Å². The Bertz CT molecular complexity index is 701. The third-order valence-corrected chi connectivity index (χ3v) is 6.24. The summed E-state index contributed by atoms with van der Waals surface area (Å²) in [6.45, 7) is 2.53. The molecular weight excluding hydrogens is 420 g/mol. The average Bonchev–Trinajstić information content (AvgIpc) is 2.54. The summed E-state index contributed by atoms with van der Waals surface area (Å²) in [4.78, 5) is 17.2. The molecule has 1 amide bonds. The lowest BCUT2D eigenvalue weighted by atomic mass is 9.97. The zero-order valence-electron chi connectivity index (χ0n) is 13.0. The lowest BCUT2D eigenvalue weighted by Gasteiger charge is -2.31. The van der Waals surface area contributed by atoms with Crippen LogP contribution >= 0.6 is 27.5 Å². The maximum absolute atomic E-state index is 12.3. The van der Waals surface area contributed by atoms with Crippen LogP contribution in [0.15, 0.2) is 21.6 Å². The van der Waals surface area contributed by atoms with Crippen molar-refractivity contribution in [2.45, 2.75) is 24.2 Å². The predicted molar refractivity (Wildman–Crippen MR) is 95.1 cm³/mol. The zero-order chi connectivity index (χ0) is 17.7. The first-order chi connectivity index (χ1) is 11.3. The van der Waals surface area contributed by atoms with Crippen molar-refractivity contribution in [1.82, 2.24) is 14.6 Å². The van der Waals surface area contributed by atoms with E-state index in [1.807, 2.05) is 0 Å². The Hall–Kier alpha value is -0.740. The maximum atomic E-state index is 12.3. The van der Waals surface area contributed by atoms with Crippen molar-refractivity contribution in [3.63, 3.8) is 0 Å². The van der Waals surface area contributed by atoms with Crippen LogP contribution in [0, 0.1) is 5.92 Å². The summed E-state index contributed by atoms with van der Waals surface area (Å²) in [5.74, 6) is -0.376. The molecule has 0 spiro atoms. The van der Waals surface area contributed by atoms with Gasteiger partial charge in [0.25, 0.3) is 0 Å². The van der Waals surface area contributed by atoms with E-state index < -0.39 is 10.0 Å². The molecule has 1 aliphatic rings. The van der Waals surface area contributed by atoms with E-state index in [0.717, 1.165) is 19.4 Å². The van der Waals surface area contributed by atoms with Crippen LogP contribution in [0.1, 0.15) is 19.3 Å². The largest absolute Gasteiger partial charge is 0.369 e. The highest BCUT2D eigenvalue weighted by molar-refractivity contribution is 9.10. The molecule has 3 N–H and O–H groups in total. The Morgan fingerprint density at radius 3 is 3.00 bits per heavy atom. The molecule has 134 valence electrons. The van der Waals surface area contributed by atoms with Gasteiger partial charge in [0, 0.05) is 23.8 Å². The van der Waals surface area contributed by atoms with Crippen molar-refractivity contribution in [3.05, 3.63) is 21.9 Å². The molecule has 24 heavy (non-hydrogen) atoms. The van der Waals surface area contributed by atoms with Gasteiger partial charge < -0.3 is 10.6 Å². The number of sulfonamides is 1. The summed E-state index contributed by atoms with van der Waals surface area (Å²) >= 11 is 9.04. The monoisotopic (exact) mass is 438 g/mol. The number of pyridine rings is 1. The molecule has 0 radical (unpaired) electrons. The predicted octanol–water partition coefficient (Wildman–Crippen LogP) is 1.36. The number of carbonyl (C=O) groups excluding carboxylic acids is 1. The summed E-state index contributed by atoms with van der Waals surface area (Å²) < 4.78 is 27.6. The summed E-state index contributed by atoms with van der Waals surface area (Å²) in [6.07, 6.45) is 3.82. The number of nitrogens with zero attached hydrogens (tertiary/aromatic N) is 2. The van der Waals surface area contributed by atoms with E-state index in [1.54, 1.807) is 0 Å². The minimum Gasteiger partial charge on any atom is -0.369 e. The smallest absolute Gasteiger partial charge is 0.243 e. The van der Waals surface area contributed by atoms with Crippen LogP contribution in [-0.2, 0) is 14.8 Å². The van der Waals surface area contributed by atoms with Gasteiger partial charge in [0.1, 0.15) is 10.0 Å². The number of likely N-dealkylation sites (tertiary alicyclic amines) is 1. The fourth-order valence-corrected chi connectivity index (χ4v) is 4.69. The van der Waals surface area contributed by atoms with Crippen LogP contribution in [0.25, 0.3) is 0 Å². The quantitative estimate of drug-likeness (QED) is 0.493. The molecule has 1 fully saturated rings. The number of hydrogen-bond donors (Lipinski definition) is 2. The topological polar surface area (TPSA) is 105 Å². The molecule has 1 unspecified atom stereocenters. The van der Waals surface area contributed by atoms with E-state index in [0.29, 0.717) is 24.0 Å². The lowest BCUT2D eigenvalue weighted by Crippen LogP contribution is -2.42. The minimum absolute atomic E-state index is 0.0506.